The highest BCUT2D eigenvalue weighted by Crippen LogP contribution is 2.46. The molecule has 0 bridgehead atoms. The van der Waals surface area contributed by atoms with Gasteiger partial charge < -0.3 is 9.05 Å². The Bertz CT molecular complexity index is 475. The van der Waals surface area contributed by atoms with Crippen molar-refractivity contribution in [2.24, 2.45) is 0 Å². The molecule has 0 amide bonds. The Labute approximate surface area is 121 Å². The molecular formula is C15H23O4P. The van der Waals surface area contributed by atoms with Crippen molar-refractivity contribution in [3.63, 3.8) is 0 Å². The molecule has 1 aromatic carbocycles. The summed E-state index contributed by atoms with van der Waals surface area (Å²) in [6.45, 7) is 6.17. The van der Waals surface area contributed by atoms with Gasteiger partial charge in [0.2, 0.25) is 0 Å². The van der Waals surface area contributed by atoms with Gasteiger partial charge >= 0.3 is 7.60 Å². The van der Waals surface area contributed by atoms with Gasteiger partial charge in [-0.15, -0.1) is 0 Å². The Kier molecular flexibility index (Phi) is 7.14. The zero-order valence-electron chi connectivity index (χ0n) is 12.4. The van der Waals surface area contributed by atoms with Crippen LogP contribution in [-0.2, 0) is 13.6 Å². The minimum Gasteiger partial charge on any atom is -0.305 e. The first kappa shape index (κ1) is 17.1. The fourth-order valence-electron chi connectivity index (χ4n) is 1.86. The highest BCUT2D eigenvalue weighted by Gasteiger charge is 2.27. The van der Waals surface area contributed by atoms with Gasteiger partial charge in [-0.05, 0) is 32.4 Å². The number of carbonyl (C=O) groups is 1. The SMILES string of the molecule is CCCCC(=O)c1cccc(P(=O)(OCC)OCC)c1. The highest BCUT2D eigenvalue weighted by atomic mass is 31.2. The van der Waals surface area contributed by atoms with Crippen LogP contribution in [0.1, 0.15) is 50.4 Å². The zero-order valence-corrected chi connectivity index (χ0v) is 13.3. The molecule has 0 fully saturated rings. The van der Waals surface area contributed by atoms with E-state index < -0.39 is 7.60 Å². The lowest BCUT2D eigenvalue weighted by Gasteiger charge is -2.17. The monoisotopic (exact) mass is 298 g/mol. The number of unbranched alkanes of at least 4 members (excludes halogenated alkanes) is 1. The Morgan fingerprint density at radius 2 is 1.80 bits per heavy atom. The van der Waals surface area contributed by atoms with E-state index in [0.29, 0.717) is 30.5 Å². The Morgan fingerprint density at radius 1 is 1.15 bits per heavy atom. The van der Waals surface area contributed by atoms with Crippen LogP contribution in [0.4, 0.5) is 0 Å². The van der Waals surface area contributed by atoms with E-state index in [1.165, 1.54) is 0 Å². The molecule has 0 aromatic heterocycles. The van der Waals surface area contributed by atoms with Gasteiger partial charge in [0.15, 0.2) is 5.78 Å². The number of ketones is 1. The molecule has 1 aromatic rings. The molecule has 0 unspecified atom stereocenters. The molecule has 0 aliphatic heterocycles. The van der Waals surface area contributed by atoms with E-state index in [1.807, 2.05) is 6.92 Å². The Hall–Kier alpha value is -0.960. The summed E-state index contributed by atoms with van der Waals surface area (Å²) in [5.41, 5.74) is 0.565. The van der Waals surface area contributed by atoms with Gasteiger partial charge in [0.05, 0.1) is 18.5 Å². The molecule has 0 N–H and O–H groups in total. The second-order valence-corrected chi connectivity index (χ2v) is 6.44. The molecule has 0 radical (unpaired) electrons. The number of carbonyl (C=O) groups excluding carboxylic acids is 1. The normalized spacial score (nSPS) is 11.6. The predicted molar refractivity (Wildman–Crippen MR) is 80.8 cm³/mol. The van der Waals surface area contributed by atoms with Crippen molar-refractivity contribution in [1.82, 2.24) is 0 Å². The lowest BCUT2D eigenvalue weighted by Crippen LogP contribution is -2.13. The van der Waals surface area contributed by atoms with Crippen LogP contribution >= 0.6 is 7.60 Å². The van der Waals surface area contributed by atoms with E-state index in [1.54, 1.807) is 38.1 Å². The predicted octanol–water partition coefficient (Wildman–Crippen LogP) is 3.95. The van der Waals surface area contributed by atoms with Crippen molar-refractivity contribution in [3.8, 4) is 0 Å². The molecule has 20 heavy (non-hydrogen) atoms. The minimum absolute atomic E-state index is 0.0632. The van der Waals surface area contributed by atoms with E-state index >= 15 is 0 Å². The lowest BCUT2D eigenvalue weighted by atomic mass is 10.1. The van der Waals surface area contributed by atoms with Crippen molar-refractivity contribution in [3.05, 3.63) is 29.8 Å². The van der Waals surface area contributed by atoms with Gasteiger partial charge in [-0.2, -0.15) is 0 Å². The maximum absolute atomic E-state index is 12.6. The minimum atomic E-state index is -3.32. The van der Waals surface area contributed by atoms with E-state index in [-0.39, 0.29) is 5.78 Å². The van der Waals surface area contributed by atoms with E-state index in [0.717, 1.165) is 12.8 Å². The van der Waals surface area contributed by atoms with Crippen LogP contribution in [0.15, 0.2) is 24.3 Å². The van der Waals surface area contributed by atoms with Crippen molar-refractivity contribution in [2.45, 2.75) is 40.0 Å². The summed E-state index contributed by atoms with van der Waals surface area (Å²) in [6.07, 6.45) is 2.34. The number of rotatable bonds is 9. The van der Waals surface area contributed by atoms with Crippen molar-refractivity contribution in [1.29, 1.82) is 0 Å². The lowest BCUT2D eigenvalue weighted by molar-refractivity contribution is 0.0980. The Balaban J connectivity index is 3.01. The van der Waals surface area contributed by atoms with Crippen molar-refractivity contribution < 1.29 is 18.4 Å². The van der Waals surface area contributed by atoms with Crippen LogP contribution in [0.5, 0.6) is 0 Å². The first-order valence-electron chi connectivity index (χ1n) is 7.10. The molecule has 0 aliphatic carbocycles. The maximum Gasteiger partial charge on any atom is 0.361 e. The zero-order chi connectivity index (χ0) is 15.0. The number of hydrogen-bond donors (Lipinski definition) is 0. The van der Waals surface area contributed by atoms with Gasteiger partial charge in [-0.1, -0.05) is 25.5 Å². The van der Waals surface area contributed by atoms with Crippen molar-refractivity contribution in [2.75, 3.05) is 13.2 Å². The number of benzene rings is 1. The summed E-state index contributed by atoms with van der Waals surface area (Å²) in [5.74, 6) is 0.0632. The summed E-state index contributed by atoms with van der Waals surface area (Å²) < 4.78 is 23.2. The fraction of sp³-hybridized carbons (Fsp3) is 0.533. The Morgan fingerprint density at radius 3 is 2.35 bits per heavy atom. The fourth-order valence-corrected chi connectivity index (χ4v) is 3.48. The molecule has 0 heterocycles. The summed E-state index contributed by atoms with van der Waals surface area (Å²) >= 11 is 0. The molecule has 4 nitrogen and oxygen atoms in total. The smallest absolute Gasteiger partial charge is 0.305 e. The van der Waals surface area contributed by atoms with Gasteiger partial charge in [-0.25, -0.2) is 0 Å². The standard InChI is InChI=1S/C15H23O4P/c1-4-7-11-15(16)13-9-8-10-14(12-13)20(17,18-5-2)19-6-3/h8-10,12H,4-7,11H2,1-3H3. The third-order valence-corrected chi connectivity index (χ3v) is 4.95. The molecule has 5 heteroatoms. The summed E-state index contributed by atoms with van der Waals surface area (Å²) in [7, 11) is -3.32. The van der Waals surface area contributed by atoms with Crippen LogP contribution < -0.4 is 5.30 Å². The van der Waals surface area contributed by atoms with Crippen LogP contribution in [-0.4, -0.2) is 19.0 Å². The molecule has 0 aliphatic rings. The van der Waals surface area contributed by atoms with Crippen LogP contribution in [0.2, 0.25) is 0 Å². The maximum atomic E-state index is 12.6. The van der Waals surface area contributed by atoms with E-state index in [2.05, 4.69) is 0 Å². The third-order valence-electron chi connectivity index (χ3n) is 2.84. The summed E-state index contributed by atoms with van der Waals surface area (Å²) in [4.78, 5) is 12.0. The van der Waals surface area contributed by atoms with Crippen LogP contribution in [0.3, 0.4) is 0 Å². The molecule has 0 atom stereocenters. The number of Topliss-reactive ketones (excluding diaryl/α,β-unsaturated/α-hetero) is 1. The second kappa shape index (κ2) is 8.35. The second-order valence-electron chi connectivity index (χ2n) is 4.41. The summed E-state index contributed by atoms with van der Waals surface area (Å²) in [5, 5.41) is 0.448. The van der Waals surface area contributed by atoms with E-state index in [9.17, 15) is 9.36 Å². The summed E-state index contributed by atoms with van der Waals surface area (Å²) in [6, 6.07) is 6.77. The average Bonchev–Trinajstić information content (AvgIpc) is 2.45. The first-order chi connectivity index (χ1) is 9.57. The van der Waals surface area contributed by atoms with Crippen LogP contribution in [0, 0.1) is 0 Å². The molecule has 0 spiro atoms. The van der Waals surface area contributed by atoms with Gasteiger partial charge in [-0.3, -0.25) is 9.36 Å². The molecule has 112 valence electrons. The first-order valence-corrected chi connectivity index (χ1v) is 8.64. The topological polar surface area (TPSA) is 52.6 Å². The molecule has 1 rings (SSSR count). The van der Waals surface area contributed by atoms with Crippen LogP contribution in [0.25, 0.3) is 0 Å². The highest BCUT2D eigenvalue weighted by molar-refractivity contribution is 7.62. The number of hydrogen-bond acceptors (Lipinski definition) is 4. The van der Waals surface area contributed by atoms with Crippen molar-refractivity contribution >= 4 is 18.7 Å². The molecule has 0 saturated heterocycles. The third kappa shape index (κ3) is 4.55. The average molecular weight is 298 g/mol. The van der Waals surface area contributed by atoms with Gasteiger partial charge in [0, 0.05) is 12.0 Å². The van der Waals surface area contributed by atoms with Gasteiger partial charge in [0.1, 0.15) is 0 Å². The van der Waals surface area contributed by atoms with Gasteiger partial charge in [0.25, 0.3) is 0 Å². The van der Waals surface area contributed by atoms with E-state index in [4.69, 9.17) is 9.05 Å². The molecular weight excluding hydrogens is 275 g/mol. The quantitative estimate of drug-likeness (QED) is 0.511. The largest absolute Gasteiger partial charge is 0.361 e. The molecule has 0 saturated carbocycles.